The zero-order chi connectivity index (χ0) is 19.1. The van der Waals surface area contributed by atoms with Gasteiger partial charge in [-0.1, -0.05) is 23.7 Å². The van der Waals surface area contributed by atoms with Crippen LogP contribution in [0.5, 0.6) is 0 Å². The monoisotopic (exact) mass is 390 g/mol. The van der Waals surface area contributed by atoms with Crippen molar-refractivity contribution in [3.05, 3.63) is 64.8 Å². The first kappa shape index (κ1) is 18.5. The summed E-state index contributed by atoms with van der Waals surface area (Å²) in [4.78, 5) is 17.8. The van der Waals surface area contributed by atoms with E-state index in [2.05, 4.69) is 4.98 Å². The molecule has 0 fully saturated rings. The largest absolute Gasteiger partial charge is 0.351 e. The lowest BCUT2D eigenvalue weighted by molar-refractivity contribution is 0.0737. The molecule has 0 spiro atoms. The Morgan fingerprint density at radius 3 is 2.38 bits per heavy atom. The highest BCUT2D eigenvalue weighted by Crippen LogP contribution is 2.25. The number of hydrogen-bond acceptors (Lipinski definition) is 3. The van der Waals surface area contributed by atoms with Crippen molar-refractivity contribution in [3.63, 3.8) is 0 Å². The fourth-order valence-corrected chi connectivity index (χ4v) is 3.61. The molecule has 3 aromatic rings. The normalized spacial score (nSPS) is 12.9. The van der Waals surface area contributed by atoms with Gasteiger partial charge in [0.25, 0.3) is 5.91 Å². The number of halogens is 1. The summed E-state index contributed by atoms with van der Waals surface area (Å²) in [5, 5.41) is 1.49. The number of amides is 1. The SMILES string of the molecule is CC(c1ccc(S(C)(=O)=O)cc1)N(C)C(=O)c1cc2cc(Cl)ccc2[nH]1. The van der Waals surface area contributed by atoms with Crippen LogP contribution in [-0.4, -0.2) is 37.5 Å². The van der Waals surface area contributed by atoms with E-state index in [1.165, 1.54) is 6.26 Å². The Morgan fingerprint density at radius 2 is 1.77 bits per heavy atom. The van der Waals surface area contributed by atoms with E-state index in [9.17, 15) is 13.2 Å². The third-order valence-corrected chi connectivity index (χ3v) is 5.87. The Morgan fingerprint density at radius 1 is 1.12 bits per heavy atom. The maximum absolute atomic E-state index is 12.8. The summed E-state index contributed by atoms with van der Waals surface area (Å²) < 4.78 is 23.1. The smallest absolute Gasteiger partial charge is 0.270 e. The quantitative estimate of drug-likeness (QED) is 0.730. The number of sulfone groups is 1. The number of rotatable bonds is 4. The first-order valence-corrected chi connectivity index (χ1v) is 10.3. The molecule has 1 unspecified atom stereocenters. The molecule has 2 aromatic carbocycles. The van der Waals surface area contributed by atoms with Crippen molar-refractivity contribution >= 4 is 38.2 Å². The molecule has 3 rings (SSSR count). The van der Waals surface area contributed by atoms with Gasteiger partial charge in [-0.05, 0) is 48.9 Å². The molecule has 7 heteroatoms. The van der Waals surface area contributed by atoms with E-state index in [1.54, 1.807) is 54.4 Å². The van der Waals surface area contributed by atoms with Crippen molar-refractivity contribution < 1.29 is 13.2 Å². The highest BCUT2D eigenvalue weighted by molar-refractivity contribution is 7.90. The Hall–Kier alpha value is -2.31. The predicted octanol–water partition coefficient (Wildman–Crippen LogP) is 4.06. The van der Waals surface area contributed by atoms with Crippen LogP contribution >= 0.6 is 11.6 Å². The van der Waals surface area contributed by atoms with Crippen molar-refractivity contribution in [2.45, 2.75) is 17.9 Å². The minimum Gasteiger partial charge on any atom is -0.351 e. The summed E-state index contributed by atoms with van der Waals surface area (Å²) in [6, 6.07) is 13.6. The first-order valence-electron chi connectivity index (χ1n) is 8.02. The maximum Gasteiger partial charge on any atom is 0.270 e. The van der Waals surface area contributed by atoms with E-state index in [1.807, 2.05) is 13.0 Å². The summed E-state index contributed by atoms with van der Waals surface area (Å²) in [7, 11) is -1.52. The number of carbonyl (C=O) groups excluding carboxylic acids is 1. The van der Waals surface area contributed by atoms with Crippen LogP contribution in [0.4, 0.5) is 0 Å². The van der Waals surface area contributed by atoms with Crippen molar-refractivity contribution in [1.29, 1.82) is 0 Å². The van der Waals surface area contributed by atoms with E-state index in [0.717, 1.165) is 16.5 Å². The second kappa shape index (κ2) is 6.78. The molecule has 1 heterocycles. The fraction of sp³-hybridized carbons (Fsp3) is 0.211. The molecule has 0 bridgehead atoms. The standard InChI is InChI=1S/C19H19ClN2O3S/c1-12(13-4-7-16(8-5-13)26(3,24)25)22(2)19(23)18-11-14-10-15(20)6-9-17(14)21-18/h4-12,21H,1-3H3. The molecular weight excluding hydrogens is 372 g/mol. The fourth-order valence-electron chi connectivity index (χ4n) is 2.80. The number of nitrogens with zero attached hydrogens (tertiary/aromatic N) is 1. The zero-order valence-electron chi connectivity index (χ0n) is 14.7. The zero-order valence-corrected chi connectivity index (χ0v) is 16.2. The molecule has 5 nitrogen and oxygen atoms in total. The second-order valence-corrected chi connectivity index (χ2v) is 8.80. The first-order chi connectivity index (χ1) is 12.2. The summed E-state index contributed by atoms with van der Waals surface area (Å²) in [6.07, 6.45) is 1.17. The Kier molecular flexibility index (Phi) is 4.82. The van der Waals surface area contributed by atoms with Crippen molar-refractivity contribution in [3.8, 4) is 0 Å². The lowest BCUT2D eigenvalue weighted by Gasteiger charge is -2.25. The molecule has 1 N–H and O–H groups in total. The van der Waals surface area contributed by atoms with Crippen LogP contribution in [0.2, 0.25) is 5.02 Å². The van der Waals surface area contributed by atoms with Gasteiger partial charge in [0, 0.05) is 29.2 Å². The van der Waals surface area contributed by atoms with E-state index < -0.39 is 9.84 Å². The summed E-state index contributed by atoms with van der Waals surface area (Å²) in [5.41, 5.74) is 2.17. The van der Waals surface area contributed by atoms with Gasteiger partial charge in [0.1, 0.15) is 5.69 Å². The van der Waals surface area contributed by atoms with E-state index in [4.69, 9.17) is 11.6 Å². The number of nitrogens with one attached hydrogen (secondary N) is 1. The van der Waals surface area contributed by atoms with Gasteiger partial charge in [0.2, 0.25) is 0 Å². The third-order valence-electron chi connectivity index (χ3n) is 4.51. The number of aromatic amines is 1. The van der Waals surface area contributed by atoms with Gasteiger partial charge in [0.15, 0.2) is 9.84 Å². The highest BCUT2D eigenvalue weighted by atomic mass is 35.5. The van der Waals surface area contributed by atoms with Crippen LogP contribution < -0.4 is 0 Å². The van der Waals surface area contributed by atoms with Crippen molar-refractivity contribution in [2.75, 3.05) is 13.3 Å². The summed E-state index contributed by atoms with van der Waals surface area (Å²) >= 11 is 5.99. The predicted molar refractivity (Wildman–Crippen MR) is 103 cm³/mol. The number of benzene rings is 2. The molecule has 0 saturated carbocycles. The molecular formula is C19H19ClN2O3S. The summed E-state index contributed by atoms with van der Waals surface area (Å²) in [6.45, 7) is 1.90. The van der Waals surface area contributed by atoms with Gasteiger partial charge >= 0.3 is 0 Å². The molecule has 1 atom stereocenters. The third kappa shape index (κ3) is 3.61. The average Bonchev–Trinajstić information content (AvgIpc) is 3.02. The number of fused-ring (bicyclic) bond motifs is 1. The van der Waals surface area contributed by atoms with Crippen LogP contribution in [0.1, 0.15) is 29.0 Å². The van der Waals surface area contributed by atoms with Crippen LogP contribution in [0, 0.1) is 0 Å². The van der Waals surface area contributed by atoms with Gasteiger partial charge in [-0.3, -0.25) is 4.79 Å². The molecule has 0 aliphatic heterocycles. The molecule has 136 valence electrons. The topological polar surface area (TPSA) is 70.2 Å². The van der Waals surface area contributed by atoms with Crippen LogP contribution in [-0.2, 0) is 9.84 Å². The Bertz CT molecular complexity index is 1070. The molecule has 0 aliphatic carbocycles. The molecule has 0 radical (unpaired) electrons. The van der Waals surface area contributed by atoms with Crippen LogP contribution in [0.25, 0.3) is 10.9 Å². The van der Waals surface area contributed by atoms with Crippen molar-refractivity contribution in [1.82, 2.24) is 9.88 Å². The van der Waals surface area contributed by atoms with E-state index in [0.29, 0.717) is 10.7 Å². The molecule has 1 amide bonds. The molecule has 0 aliphatic rings. The number of carbonyl (C=O) groups is 1. The average molecular weight is 391 g/mol. The van der Waals surface area contributed by atoms with E-state index >= 15 is 0 Å². The number of aromatic nitrogens is 1. The minimum absolute atomic E-state index is 0.156. The maximum atomic E-state index is 12.8. The van der Waals surface area contributed by atoms with Gasteiger partial charge < -0.3 is 9.88 Å². The molecule has 26 heavy (non-hydrogen) atoms. The number of H-pyrrole nitrogens is 1. The van der Waals surface area contributed by atoms with Gasteiger partial charge in [-0.2, -0.15) is 0 Å². The van der Waals surface area contributed by atoms with Gasteiger partial charge in [0.05, 0.1) is 10.9 Å². The Balaban J connectivity index is 1.84. The van der Waals surface area contributed by atoms with Crippen LogP contribution in [0.15, 0.2) is 53.4 Å². The number of hydrogen-bond donors (Lipinski definition) is 1. The highest BCUT2D eigenvalue weighted by Gasteiger charge is 2.21. The minimum atomic E-state index is -3.24. The van der Waals surface area contributed by atoms with Gasteiger partial charge in [-0.25, -0.2) is 8.42 Å². The molecule has 1 aromatic heterocycles. The van der Waals surface area contributed by atoms with Crippen LogP contribution in [0.3, 0.4) is 0 Å². The second-order valence-electron chi connectivity index (χ2n) is 6.35. The van der Waals surface area contributed by atoms with Crippen molar-refractivity contribution in [2.24, 2.45) is 0 Å². The lowest BCUT2D eigenvalue weighted by atomic mass is 10.1. The van der Waals surface area contributed by atoms with E-state index in [-0.39, 0.29) is 16.8 Å². The molecule has 0 saturated heterocycles. The Labute approximate surface area is 157 Å². The lowest BCUT2D eigenvalue weighted by Crippen LogP contribution is -2.29. The van der Waals surface area contributed by atoms with Gasteiger partial charge in [-0.15, -0.1) is 0 Å². The summed E-state index contributed by atoms with van der Waals surface area (Å²) in [5.74, 6) is -0.156.